The van der Waals surface area contributed by atoms with Gasteiger partial charge in [-0.05, 0) is 73.5 Å². The first-order valence-electron chi connectivity index (χ1n) is 12.7. The summed E-state index contributed by atoms with van der Waals surface area (Å²) < 4.78 is 9.63. The number of halogens is 1. The van der Waals surface area contributed by atoms with Crippen molar-refractivity contribution in [3.63, 3.8) is 0 Å². The maximum atomic E-state index is 14.2. The second-order valence-corrected chi connectivity index (χ2v) is 10.1. The van der Waals surface area contributed by atoms with Crippen LogP contribution in [0.1, 0.15) is 34.1 Å². The van der Waals surface area contributed by atoms with Crippen LogP contribution in [0.25, 0.3) is 11.5 Å². The number of fused-ring (bicyclic) bond motifs is 3. The zero-order valence-corrected chi connectivity index (χ0v) is 22.7. The summed E-state index contributed by atoms with van der Waals surface area (Å²) in [5.74, 6) is 1.51. The first-order chi connectivity index (χ1) is 18.9. The zero-order valence-electron chi connectivity index (χ0n) is 21.9. The van der Waals surface area contributed by atoms with Gasteiger partial charge in [0.1, 0.15) is 11.6 Å². The molecular formula is C31H28ClN5O2. The molecule has 0 bridgehead atoms. The molecule has 0 fully saturated rings. The molecule has 3 heterocycles. The van der Waals surface area contributed by atoms with Crippen molar-refractivity contribution in [1.82, 2.24) is 19.2 Å². The number of anilines is 1. The molecule has 3 aromatic carbocycles. The van der Waals surface area contributed by atoms with Gasteiger partial charge >= 0.3 is 6.03 Å². The highest BCUT2D eigenvalue weighted by atomic mass is 35.5. The van der Waals surface area contributed by atoms with Crippen molar-refractivity contribution in [2.24, 2.45) is 0 Å². The second kappa shape index (κ2) is 10.0. The van der Waals surface area contributed by atoms with E-state index in [9.17, 15) is 4.79 Å². The average Bonchev–Trinajstić information content (AvgIpc) is 3.49. The Morgan fingerprint density at radius 3 is 2.59 bits per heavy atom. The predicted molar refractivity (Wildman–Crippen MR) is 153 cm³/mol. The molecule has 1 atom stereocenters. The van der Waals surface area contributed by atoms with Crippen molar-refractivity contribution in [3.8, 4) is 17.3 Å². The molecule has 0 saturated carbocycles. The Morgan fingerprint density at radius 2 is 1.82 bits per heavy atom. The minimum atomic E-state index is -0.412. The van der Waals surface area contributed by atoms with Crippen LogP contribution in [-0.2, 0) is 6.54 Å². The van der Waals surface area contributed by atoms with Crippen LogP contribution in [0.3, 0.4) is 0 Å². The lowest BCUT2D eigenvalue weighted by Crippen LogP contribution is -2.38. The van der Waals surface area contributed by atoms with Gasteiger partial charge in [-0.1, -0.05) is 48.0 Å². The maximum Gasteiger partial charge on any atom is 0.323 e. The Kier molecular flexibility index (Phi) is 6.37. The van der Waals surface area contributed by atoms with Crippen LogP contribution in [0.5, 0.6) is 5.75 Å². The van der Waals surface area contributed by atoms with Crippen molar-refractivity contribution >= 4 is 23.3 Å². The normalized spacial score (nSPS) is 14.4. The molecule has 7 nitrogen and oxygen atoms in total. The summed E-state index contributed by atoms with van der Waals surface area (Å²) in [6, 6.07) is 26.8. The van der Waals surface area contributed by atoms with E-state index in [1.54, 1.807) is 7.11 Å². The number of carbonyl (C=O) groups excluding carboxylic acids is 1. The monoisotopic (exact) mass is 537 g/mol. The van der Waals surface area contributed by atoms with E-state index in [0.717, 1.165) is 39.6 Å². The number of hydrogen-bond acceptors (Lipinski definition) is 3. The van der Waals surface area contributed by atoms with Gasteiger partial charge in [-0.25, -0.2) is 9.48 Å². The molecule has 1 N–H and O–H groups in total. The van der Waals surface area contributed by atoms with Gasteiger partial charge in [0.05, 0.1) is 42.5 Å². The van der Waals surface area contributed by atoms with Crippen LogP contribution in [0.2, 0.25) is 5.02 Å². The number of methoxy groups -OCH3 is 1. The summed E-state index contributed by atoms with van der Waals surface area (Å²) in [6.07, 6.45) is 2.03. The standard InChI is InChI=1S/C31H28ClN5O2/c1-20-14-15-28(39-3)26(17-20)33-31(38)36-19-25-21(2)34-37(24-11-5-4-6-12-24)30(25)35-16-8-13-27(35)29(36)22-9-7-10-23(32)18-22/h4-18,29H,19H2,1-3H3,(H,33,38)/t29-/m0/s1. The van der Waals surface area contributed by atoms with Gasteiger partial charge in [-0.15, -0.1) is 0 Å². The summed E-state index contributed by atoms with van der Waals surface area (Å²) >= 11 is 6.46. The molecule has 0 aliphatic carbocycles. The van der Waals surface area contributed by atoms with E-state index < -0.39 is 6.04 Å². The quantitative estimate of drug-likeness (QED) is 0.266. The molecule has 196 valence electrons. The van der Waals surface area contributed by atoms with Crippen LogP contribution >= 0.6 is 11.6 Å². The number of hydrogen-bond donors (Lipinski definition) is 1. The summed E-state index contributed by atoms with van der Waals surface area (Å²) in [7, 11) is 1.60. The van der Waals surface area contributed by atoms with Gasteiger partial charge < -0.3 is 19.5 Å². The van der Waals surface area contributed by atoms with Crippen LogP contribution in [0, 0.1) is 13.8 Å². The molecule has 0 unspecified atom stereocenters. The van der Waals surface area contributed by atoms with Gasteiger partial charge in [-0.3, -0.25) is 0 Å². The average molecular weight is 538 g/mol. The molecule has 0 saturated heterocycles. The van der Waals surface area contributed by atoms with Gasteiger partial charge in [-0.2, -0.15) is 5.10 Å². The number of aromatic nitrogens is 3. The van der Waals surface area contributed by atoms with E-state index in [1.165, 1.54) is 0 Å². The Labute approximate surface area is 232 Å². The third kappa shape index (κ3) is 4.45. The van der Waals surface area contributed by atoms with Gasteiger partial charge in [0.25, 0.3) is 0 Å². The molecule has 0 radical (unpaired) electrons. The first-order valence-corrected chi connectivity index (χ1v) is 13.1. The van der Waals surface area contributed by atoms with E-state index in [0.29, 0.717) is 23.0 Å². The van der Waals surface area contributed by atoms with E-state index in [-0.39, 0.29) is 6.03 Å². The largest absolute Gasteiger partial charge is 0.495 e. The SMILES string of the molecule is COc1ccc(C)cc1NC(=O)N1Cc2c(C)nn(-c3ccccc3)c2-n2cccc2[C@@H]1c1cccc(Cl)c1. The number of carbonyl (C=O) groups is 1. The number of urea groups is 1. The first kappa shape index (κ1) is 24.8. The van der Waals surface area contributed by atoms with Gasteiger partial charge in [0.2, 0.25) is 0 Å². The molecule has 1 aliphatic rings. The number of benzene rings is 3. The van der Waals surface area contributed by atoms with Gasteiger partial charge in [0, 0.05) is 16.8 Å². The van der Waals surface area contributed by atoms with Crippen molar-refractivity contribution in [2.45, 2.75) is 26.4 Å². The Morgan fingerprint density at radius 1 is 1.00 bits per heavy atom. The number of rotatable bonds is 4. The summed E-state index contributed by atoms with van der Waals surface area (Å²) in [6.45, 7) is 4.31. The highest BCUT2D eigenvalue weighted by Gasteiger charge is 2.36. The number of para-hydroxylation sites is 1. The molecule has 2 amide bonds. The Balaban J connectivity index is 1.54. The molecular weight excluding hydrogens is 510 g/mol. The minimum absolute atomic E-state index is 0.253. The lowest BCUT2D eigenvalue weighted by atomic mass is 10.0. The van der Waals surface area contributed by atoms with Crippen molar-refractivity contribution in [3.05, 3.63) is 124 Å². The molecule has 5 aromatic rings. The van der Waals surface area contributed by atoms with Crippen molar-refractivity contribution in [1.29, 1.82) is 0 Å². The maximum absolute atomic E-state index is 14.2. The molecule has 8 heteroatoms. The molecule has 1 aliphatic heterocycles. The number of aryl methyl sites for hydroxylation is 2. The third-order valence-electron chi connectivity index (χ3n) is 7.11. The topological polar surface area (TPSA) is 64.3 Å². The highest BCUT2D eigenvalue weighted by molar-refractivity contribution is 6.30. The Bertz CT molecular complexity index is 1670. The van der Waals surface area contributed by atoms with Crippen LogP contribution < -0.4 is 10.1 Å². The van der Waals surface area contributed by atoms with E-state index in [1.807, 2.05) is 115 Å². The number of nitrogens with one attached hydrogen (secondary N) is 1. The van der Waals surface area contributed by atoms with E-state index in [2.05, 4.69) is 9.88 Å². The minimum Gasteiger partial charge on any atom is -0.495 e. The van der Waals surface area contributed by atoms with E-state index in [4.69, 9.17) is 21.4 Å². The number of nitrogens with zero attached hydrogens (tertiary/aromatic N) is 4. The number of amides is 2. The van der Waals surface area contributed by atoms with Gasteiger partial charge in [0.15, 0.2) is 0 Å². The second-order valence-electron chi connectivity index (χ2n) is 9.66. The van der Waals surface area contributed by atoms with Crippen molar-refractivity contribution < 1.29 is 9.53 Å². The van der Waals surface area contributed by atoms with E-state index >= 15 is 0 Å². The molecule has 39 heavy (non-hydrogen) atoms. The predicted octanol–water partition coefficient (Wildman–Crippen LogP) is 7.08. The fourth-order valence-electron chi connectivity index (χ4n) is 5.28. The highest BCUT2D eigenvalue weighted by Crippen LogP contribution is 2.39. The van der Waals surface area contributed by atoms with Crippen LogP contribution in [0.4, 0.5) is 10.5 Å². The molecule has 0 spiro atoms. The lowest BCUT2D eigenvalue weighted by Gasteiger charge is -2.31. The summed E-state index contributed by atoms with van der Waals surface area (Å²) in [4.78, 5) is 16.0. The zero-order chi connectivity index (χ0) is 27.1. The fraction of sp³-hybridized carbons (Fsp3) is 0.161. The smallest absolute Gasteiger partial charge is 0.323 e. The summed E-state index contributed by atoms with van der Waals surface area (Å²) in [5.41, 5.74) is 6.24. The number of ether oxygens (including phenoxy) is 1. The van der Waals surface area contributed by atoms with Crippen molar-refractivity contribution in [2.75, 3.05) is 12.4 Å². The lowest BCUT2D eigenvalue weighted by molar-refractivity contribution is 0.194. The fourth-order valence-corrected chi connectivity index (χ4v) is 5.48. The molecule has 6 rings (SSSR count). The third-order valence-corrected chi connectivity index (χ3v) is 7.34. The Hall–Kier alpha value is -4.49. The van der Waals surface area contributed by atoms with Crippen LogP contribution in [0.15, 0.2) is 91.1 Å². The van der Waals surface area contributed by atoms with Crippen LogP contribution in [-0.4, -0.2) is 32.4 Å². The molecule has 2 aromatic heterocycles. The summed E-state index contributed by atoms with van der Waals surface area (Å²) in [5, 5.41) is 8.64.